The second kappa shape index (κ2) is 10.5. The molecule has 1 saturated carbocycles. The van der Waals surface area contributed by atoms with Gasteiger partial charge in [0, 0.05) is 0 Å². The molecule has 0 aliphatic heterocycles. The number of benzene rings is 3. The van der Waals surface area contributed by atoms with Crippen LogP contribution in [0.1, 0.15) is 12.0 Å². The van der Waals surface area contributed by atoms with Gasteiger partial charge < -0.3 is 0 Å². The van der Waals surface area contributed by atoms with Crippen LogP contribution in [0.15, 0.2) is 89.8 Å². The quantitative estimate of drug-likeness (QED) is 0.423. The van der Waals surface area contributed by atoms with Crippen LogP contribution in [0.2, 0.25) is 24.0 Å². The molecule has 0 saturated heterocycles. The van der Waals surface area contributed by atoms with E-state index in [1.54, 1.807) is 12.1 Å². The van der Waals surface area contributed by atoms with Gasteiger partial charge in [-0.05, 0) is 0 Å². The summed E-state index contributed by atoms with van der Waals surface area (Å²) in [6.07, 6.45) is 0.238. The fraction of sp³-hybridized carbons (Fsp3) is 0.357. The summed E-state index contributed by atoms with van der Waals surface area (Å²) in [4.78, 5) is 0.393. The third kappa shape index (κ3) is 5.58. The van der Waals surface area contributed by atoms with Gasteiger partial charge in [-0.2, -0.15) is 0 Å². The molecular weight excluding hydrogens is 523 g/mol. The number of sulfone groups is 1. The topological polar surface area (TPSA) is 54.4 Å². The fourth-order valence-corrected chi connectivity index (χ4v) is 13.6. The van der Waals surface area contributed by atoms with E-state index in [0.717, 1.165) is 10.9 Å². The molecule has 34 heavy (non-hydrogen) atoms. The van der Waals surface area contributed by atoms with E-state index < -0.39 is 24.0 Å². The number of aliphatic hydroxyl groups excluding tert-OH is 1. The number of aryl methyl sites for hydroxylation is 1. The molecule has 0 bridgehead atoms. The Hall–Kier alpha value is -1.69. The molecule has 3 aromatic rings. The Morgan fingerprint density at radius 3 is 2.09 bits per heavy atom. The molecular formula is C28H34O3SSeSi. The summed E-state index contributed by atoms with van der Waals surface area (Å²) in [6, 6.07) is 28.1. The monoisotopic (exact) mass is 558 g/mol. The first-order valence-electron chi connectivity index (χ1n) is 11.9. The molecule has 6 heteroatoms. The molecule has 1 aliphatic rings. The molecule has 0 unspecified atom stereocenters. The minimum absolute atomic E-state index is 0.000849. The van der Waals surface area contributed by atoms with Crippen LogP contribution in [0, 0.1) is 18.8 Å². The van der Waals surface area contributed by atoms with Gasteiger partial charge in [-0.25, -0.2) is 0 Å². The van der Waals surface area contributed by atoms with Gasteiger partial charge in [-0.1, -0.05) is 0 Å². The molecule has 3 aromatic carbocycles. The molecule has 1 aliphatic carbocycles. The first-order valence-corrected chi connectivity index (χ1v) is 18.7. The molecule has 0 aromatic heterocycles. The molecule has 0 heterocycles. The number of hydrogen-bond acceptors (Lipinski definition) is 3. The van der Waals surface area contributed by atoms with E-state index in [9.17, 15) is 13.5 Å². The number of rotatable bonds is 8. The van der Waals surface area contributed by atoms with Crippen molar-refractivity contribution in [2.45, 2.75) is 48.3 Å². The zero-order valence-electron chi connectivity index (χ0n) is 20.1. The van der Waals surface area contributed by atoms with E-state index in [2.05, 4.69) is 61.6 Å². The molecule has 4 rings (SSSR count). The number of aliphatic hydroxyl groups is 1. The molecule has 0 amide bonds. The van der Waals surface area contributed by atoms with E-state index in [4.69, 9.17) is 0 Å². The van der Waals surface area contributed by atoms with Crippen LogP contribution < -0.4 is 9.65 Å². The van der Waals surface area contributed by atoms with Crippen molar-refractivity contribution in [1.82, 2.24) is 0 Å². The first kappa shape index (κ1) is 25.4. The first-order chi connectivity index (χ1) is 16.2. The Kier molecular flexibility index (Phi) is 7.85. The maximum atomic E-state index is 13.6. The summed E-state index contributed by atoms with van der Waals surface area (Å²) < 4.78 is 28.4. The Morgan fingerprint density at radius 2 is 1.47 bits per heavy atom. The average Bonchev–Trinajstić information content (AvgIpc) is 3.14. The number of hydrogen-bond donors (Lipinski definition) is 1. The molecule has 1 fully saturated rings. The summed E-state index contributed by atoms with van der Waals surface area (Å²) in [7, 11) is -5.49. The Labute approximate surface area is 211 Å². The van der Waals surface area contributed by atoms with Crippen molar-refractivity contribution in [3.8, 4) is 0 Å². The van der Waals surface area contributed by atoms with Crippen molar-refractivity contribution in [2.75, 3.05) is 5.75 Å². The van der Waals surface area contributed by atoms with Crippen LogP contribution in [0.5, 0.6) is 0 Å². The average molecular weight is 558 g/mol. The van der Waals surface area contributed by atoms with Crippen molar-refractivity contribution in [3.05, 3.63) is 90.5 Å². The Bertz CT molecular complexity index is 1180. The van der Waals surface area contributed by atoms with Crippen LogP contribution >= 0.6 is 0 Å². The third-order valence-corrected chi connectivity index (χ3v) is 16.1. The van der Waals surface area contributed by atoms with E-state index >= 15 is 0 Å². The molecule has 1 N–H and O–H groups in total. The zero-order chi connectivity index (χ0) is 24.3. The van der Waals surface area contributed by atoms with Crippen molar-refractivity contribution in [3.63, 3.8) is 0 Å². The van der Waals surface area contributed by atoms with Crippen LogP contribution in [0.4, 0.5) is 0 Å². The summed E-state index contributed by atoms with van der Waals surface area (Å²) >= 11 is 0.201. The van der Waals surface area contributed by atoms with Gasteiger partial charge in [0.25, 0.3) is 0 Å². The van der Waals surface area contributed by atoms with Gasteiger partial charge >= 0.3 is 212 Å². The molecule has 3 nitrogen and oxygen atoms in total. The zero-order valence-corrected chi connectivity index (χ0v) is 23.6. The Balaban J connectivity index is 1.67. The second-order valence-electron chi connectivity index (χ2n) is 10.0. The maximum absolute atomic E-state index is 13.6. The van der Waals surface area contributed by atoms with Crippen LogP contribution in [-0.4, -0.2) is 48.4 Å². The SMILES string of the molecule is Cc1ccc(S(=O)(=O)C[C@H]2[C@@H](C[Se]c3ccccc3)[C@H](O)C[C@@H]2[Si](C)(C)c2ccccc2)cc1. The van der Waals surface area contributed by atoms with E-state index in [-0.39, 0.29) is 38.1 Å². The van der Waals surface area contributed by atoms with E-state index in [1.807, 2.05) is 31.2 Å². The van der Waals surface area contributed by atoms with Crippen molar-refractivity contribution >= 4 is 42.5 Å². The predicted molar refractivity (Wildman–Crippen MR) is 145 cm³/mol. The van der Waals surface area contributed by atoms with E-state index in [0.29, 0.717) is 11.3 Å². The predicted octanol–water partition coefficient (Wildman–Crippen LogP) is 4.20. The summed E-state index contributed by atoms with van der Waals surface area (Å²) in [5.41, 5.74) is 1.26. The normalized spacial score (nSPS) is 23.2. The van der Waals surface area contributed by atoms with Crippen LogP contribution in [0.25, 0.3) is 0 Å². The molecule has 4 atom stereocenters. The fourth-order valence-electron chi connectivity index (χ4n) is 5.38. The van der Waals surface area contributed by atoms with Crippen molar-refractivity contribution in [1.29, 1.82) is 0 Å². The van der Waals surface area contributed by atoms with E-state index in [1.165, 1.54) is 9.65 Å². The van der Waals surface area contributed by atoms with Crippen molar-refractivity contribution < 1.29 is 13.5 Å². The summed E-state index contributed by atoms with van der Waals surface area (Å²) in [5.74, 6) is 0.0611. The Morgan fingerprint density at radius 1 is 0.882 bits per heavy atom. The van der Waals surface area contributed by atoms with Gasteiger partial charge in [-0.3, -0.25) is 0 Å². The molecule has 0 spiro atoms. The summed E-state index contributed by atoms with van der Waals surface area (Å²) in [5, 5.41) is 13.5. The van der Waals surface area contributed by atoms with Crippen molar-refractivity contribution in [2.24, 2.45) is 11.8 Å². The van der Waals surface area contributed by atoms with Gasteiger partial charge in [0.15, 0.2) is 0 Å². The van der Waals surface area contributed by atoms with Gasteiger partial charge in [0.2, 0.25) is 0 Å². The van der Waals surface area contributed by atoms with Crippen LogP contribution in [0.3, 0.4) is 0 Å². The second-order valence-corrected chi connectivity index (χ2v) is 19.1. The summed E-state index contributed by atoms with van der Waals surface area (Å²) in [6.45, 7) is 6.65. The van der Waals surface area contributed by atoms with Gasteiger partial charge in [-0.15, -0.1) is 0 Å². The van der Waals surface area contributed by atoms with Crippen LogP contribution in [-0.2, 0) is 9.84 Å². The standard InChI is InChI=1S/C28H34O3SSeSi/c1-21-14-16-22(17-15-21)32(30,31)19-25-26(20-33-23-10-6-4-7-11-23)27(29)18-28(25)34(2,3)24-12-8-5-9-13-24/h4-17,25-29H,18-20H2,1-3H3/t25-,26+,27+,28-/m0/s1. The minimum atomic E-state index is -3.46. The molecule has 0 radical (unpaired) electrons. The van der Waals surface area contributed by atoms with Gasteiger partial charge in [0.05, 0.1) is 0 Å². The molecule has 180 valence electrons. The van der Waals surface area contributed by atoms with Gasteiger partial charge in [0.1, 0.15) is 0 Å². The third-order valence-electron chi connectivity index (χ3n) is 7.48.